The van der Waals surface area contributed by atoms with Gasteiger partial charge in [-0.15, -0.1) is 0 Å². The molecule has 2 aliphatic carbocycles. The number of amides is 1. The first-order chi connectivity index (χ1) is 12.0. The lowest BCUT2D eigenvalue weighted by Crippen LogP contribution is -2.41. The molecule has 1 aromatic rings. The molecule has 0 bridgehead atoms. The first kappa shape index (κ1) is 17.0. The van der Waals surface area contributed by atoms with E-state index in [0.717, 1.165) is 36.4 Å². The second-order valence-corrected chi connectivity index (χ2v) is 9.52. The van der Waals surface area contributed by atoms with Crippen LogP contribution in [-0.2, 0) is 21.2 Å². The summed E-state index contributed by atoms with van der Waals surface area (Å²) in [4.78, 5) is 11.8. The molecule has 0 spiro atoms. The van der Waals surface area contributed by atoms with Crippen LogP contribution in [0.25, 0.3) is 0 Å². The summed E-state index contributed by atoms with van der Waals surface area (Å²) in [5.74, 6) is 1.49. The van der Waals surface area contributed by atoms with Gasteiger partial charge in [0.2, 0.25) is 15.9 Å². The lowest BCUT2D eigenvalue weighted by Gasteiger charge is -2.39. The van der Waals surface area contributed by atoms with Crippen LogP contribution in [0, 0.1) is 11.8 Å². The van der Waals surface area contributed by atoms with Crippen molar-refractivity contribution in [3.8, 4) is 0 Å². The molecule has 1 aliphatic heterocycles. The van der Waals surface area contributed by atoms with E-state index in [2.05, 4.69) is 10.0 Å². The molecule has 1 heterocycles. The van der Waals surface area contributed by atoms with Crippen molar-refractivity contribution in [3.05, 3.63) is 23.8 Å². The topological polar surface area (TPSA) is 75.3 Å². The largest absolute Gasteiger partial charge is 0.326 e. The number of sulfonamides is 1. The highest BCUT2D eigenvalue weighted by Gasteiger charge is 2.34. The minimum Gasteiger partial charge on any atom is -0.326 e. The van der Waals surface area contributed by atoms with E-state index in [1.165, 1.54) is 25.7 Å². The smallest absolute Gasteiger partial charge is 0.240 e. The summed E-state index contributed by atoms with van der Waals surface area (Å²) in [5.41, 5.74) is 1.64. The number of anilines is 1. The summed E-state index contributed by atoms with van der Waals surface area (Å²) in [6, 6.07) is 5.07. The summed E-state index contributed by atoms with van der Waals surface area (Å²) in [5, 5.41) is 2.80. The Morgan fingerprint density at radius 1 is 1.00 bits per heavy atom. The summed E-state index contributed by atoms with van der Waals surface area (Å²) in [7, 11) is -3.51. The second-order valence-electron chi connectivity index (χ2n) is 7.80. The van der Waals surface area contributed by atoms with E-state index in [9.17, 15) is 13.2 Å². The predicted octanol–water partition coefficient (Wildman–Crippen LogP) is 3.21. The molecule has 4 rings (SSSR count). The summed E-state index contributed by atoms with van der Waals surface area (Å²) >= 11 is 0. The Bertz CT molecular complexity index is 775. The first-order valence-corrected chi connectivity index (χ1v) is 10.9. The van der Waals surface area contributed by atoms with Crippen molar-refractivity contribution < 1.29 is 13.2 Å². The van der Waals surface area contributed by atoms with Gasteiger partial charge in [-0.3, -0.25) is 4.79 Å². The molecule has 0 aromatic heterocycles. The zero-order valence-corrected chi connectivity index (χ0v) is 15.3. The van der Waals surface area contributed by atoms with Gasteiger partial charge in [0.25, 0.3) is 0 Å². The van der Waals surface area contributed by atoms with Gasteiger partial charge in [-0.2, -0.15) is 0 Å². The van der Waals surface area contributed by atoms with E-state index in [0.29, 0.717) is 23.7 Å². The van der Waals surface area contributed by atoms with Gasteiger partial charge < -0.3 is 5.32 Å². The van der Waals surface area contributed by atoms with Crippen LogP contribution < -0.4 is 10.0 Å². The molecular weight excluding hydrogens is 336 g/mol. The molecule has 3 aliphatic rings. The molecule has 5 nitrogen and oxygen atoms in total. The lowest BCUT2D eigenvalue weighted by molar-refractivity contribution is -0.116. The minimum atomic E-state index is -3.51. The zero-order chi connectivity index (χ0) is 17.4. The van der Waals surface area contributed by atoms with Gasteiger partial charge in [-0.1, -0.05) is 25.7 Å². The third kappa shape index (κ3) is 3.60. The van der Waals surface area contributed by atoms with Crippen molar-refractivity contribution >= 4 is 21.6 Å². The van der Waals surface area contributed by atoms with Gasteiger partial charge in [0, 0.05) is 18.2 Å². The SMILES string of the molecule is O=C1CCc2cc(S(=O)(=O)N[C@@H]3CC[C@H]4CCCC[C@H]4C3)ccc2N1. The van der Waals surface area contributed by atoms with Crippen molar-refractivity contribution in [2.75, 3.05) is 5.32 Å². The monoisotopic (exact) mass is 362 g/mol. The van der Waals surface area contributed by atoms with Crippen LogP contribution in [0.15, 0.2) is 23.1 Å². The van der Waals surface area contributed by atoms with Crippen LogP contribution in [0.3, 0.4) is 0 Å². The van der Waals surface area contributed by atoms with Gasteiger partial charge in [0.15, 0.2) is 0 Å². The molecule has 136 valence electrons. The van der Waals surface area contributed by atoms with Crippen LogP contribution in [0.2, 0.25) is 0 Å². The normalized spacial score (nSPS) is 29.4. The maximum absolute atomic E-state index is 12.8. The van der Waals surface area contributed by atoms with Gasteiger partial charge in [0.1, 0.15) is 0 Å². The number of aryl methyl sites for hydroxylation is 1. The van der Waals surface area contributed by atoms with Crippen LogP contribution in [0.4, 0.5) is 5.69 Å². The molecule has 1 aromatic carbocycles. The molecule has 2 saturated carbocycles. The van der Waals surface area contributed by atoms with Gasteiger partial charge in [-0.25, -0.2) is 13.1 Å². The number of fused-ring (bicyclic) bond motifs is 2. The summed E-state index contributed by atoms with van der Waals surface area (Å²) < 4.78 is 28.6. The fourth-order valence-electron chi connectivity index (χ4n) is 4.79. The van der Waals surface area contributed by atoms with Crippen molar-refractivity contribution in [1.29, 1.82) is 0 Å². The average Bonchev–Trinajstić information content (AvgIpc) is 2.60. The third-order valence-electron chi connectivity index (χ3n) is 6.14. The number of carbonyl (C=O) groups is 1. The molecule has 2 N–H and O–H groups in total. The number of hydrogen-bond donors (Lipinski definition) is 2. The van der Waals surface area contributed by atoms with E-state index in [1.54, 1.807) is 18.2 Å². The first-order valence-electron chi connectivity index (χ1n) is 9.46. The quantitative estimate of drug-likeness (QED) is 0.867. The van der Waals surface area contributed by atoms with Gasteiger partial charge in [0.05, 0.1) is 4.90 Å². The van der Waals surface area contributed by atoms with Crippen LogP contribution in [0.1, 0.15) is 56.9 Å². The molecular formula is C19H26N2O3S. The lowest BCUT2D eigenvalue weighted by atomic mass is 9.70. The van der Waals surface area contributed by atoms with E-state index in [1.807, 2.05) is 0 Å². The molecule has 0 radical (unpaired) electrons. The van der Waals surface area contributed by atoms with Gasteiger partial charge >= 0.3 is 0 Å². The Labute approximate surface area is 149 Å². The molecule has 3 atom stereocenters. The number of rotatable bonds is 3. The Kier molecular flexibility index (Phi) is 4.58. The van der Waals surface area contributed by atoms with Crippen molar-refractivity contribution in [1.82, 2.24) is 4.72 Å². The standard InChI is InChI=1S/C19H26N2O3S/c22-19-10-6-15-12-17(8-9-18(15)20-19)25(23,24)21-16-7-5-13-3-1-2-4-14(13)11-16/h8-9,12-14,16,21H,1-7,10-11H2,(H,20,22)/t13-,14+,16-/m1/s1. The fraction of sp³-hybridized carbons (Fsp3) is 0.632. The van der Waals surface area contributed by atoms with Crippen LogP contribution in [-0.4, -0.2) is 20.4 Å². The maximum atomic E-state index is 12.8. The predicted molar refractivity (Wildman–Crippen MR) is 96.8 cm³/mol. The molecule has 0 saturated heterocycles. The summed E-state index contributed by atoms with van der Waals surface area (Å²) in [6.45, 7) is 0. The average molecular weight is 362 g/mol. The van der Waals surface area contributed by atoms with Crippen LogP contribution >= 0.6 is 0 Å². The minimum absolute atomic E-state index is 0.00882. The van der Waals surface area contributed by atoms with Crippen molar-refractivity contribution in [2.45, 2.75) is 68.7 Å². The Hall–Kier alpha value is -1.40. The van der Waals surface area contributed by atoms with E-state index in [4.69, 9.17) is 0 Å². The molecule has 2 fully saturated rings. The zero-order valence-electron chi connectivity index (χ0n) is 14.5. The number of nitrogens with one attached hydrogen (secondary N) is 2. The van der Waals surface area contributed by atoms with Gasteiger partial charge in [-0.05, 0) is 61.3 Å². The Balaban J connectivity index is 1.47. The van der Waals surface area contributed by atoms with E-state index >= 15 is 0 Å². The maximum Gasteiger partial charge on any atom is 0.240 e. The highest BCUT2D eigenvalue weighted by Crippen LogP contribution is 2.40. The highest BCUT2D eigenvalue weighted by atomic mass is 32.2. The number of carbonyl (C=O) groups excluding carboxylic acids is 1. The number of hydrogen-bond acceptors (Lipinski definition) is 3. The van der Waals surface area contributed by atoms with Crippen molar-refractivity contribution in [3.63, 3.8) is 0 Å². The molecule has 1 amide bonds. The van der Waals surface area contributed by atoms with E-state index < -0.39 is 10.0 Å². The molecule has 25 heavy (non-hydrogen) atoms. The third-order valence-corrected chi connectivity index (χ3v) is 7.66. The fourth-order valence-corrected chi connectivity index (χ4v) is 6.13. The number of benzene rings is 1. The Morgan fingerprint density at radius 2 is 1.80 bits per heavy atom. The highest BCUT2D eigenvalue weighted by molar-refractivity contribution is 7.89. The molecule has 6 heteroatoms. The van der Waals surface area contributed by atoms with Crippen molar-refractivity contribution in [2.24, 2.45) is 11.8 Å². The van der Waals surface area contributed by atoms with Crippen LogP contribution in [0.5, 0.6) is 0 Å². The Morgan fingerprint density at radius 3 is 2.64 bits per heavy atom. The second kappa shape index (κ2) is 6.72. The molecule has 0 unspecified atom stereocenters. The summed E-state index contributed by atoms with van der Waals surface area (Å²) in [6.07, 6.45) is 9.27. The van der Waals surface area contributed by atoms with E-state index in [-0.39, 0.29) is 11.9 Å².